The van der Waals surface area contributed by atoms with Gasteiger partial charge in [0, 0.05) is 166 Å². The van der Waals surface area contributed by atoms with Crippen LogP contribution in [0.15, 0.2) is 155 Å². The van der Waals surface area contributed by atoms with E-state index in [1.165, 1.54) is 0 Å². The third-order valence-corrected chi connectivity index (χ3v) is 25.4. The molecule has 10 aromatic rings. The van der Waals surface area contributed by atoms with Gasteiger partial charge in [0.05, 0.1) is 25.2 Å². The van der Waals surface area contributed by atoms with Gasteiger partial charge >= 0.3 is 0 Å². The summed E-state index contributed by atoms with van der Waals surface area (Å²) in [5.41, 5.74) is 28.7. The number of ketones is 2. The van der Waals surface area contributed by atoms with E-state index in [-0.39, 0.29) is 92.9 Å². The van der Waals surface area contributed by atoms with Gasteiger partial charge in [-0.05, 0) is 201 Å². The molecule has 4 atom stereocenters. The molecule has 37 heteroatoms. The van der Waals surface area contributed by atoms with Gasteiger partial charge in [-0.1, -0.05) is 154 Å². The second-order valence-corrected chi connectivity index (χ2v) is 40.6. The Morgan fingerprint density at radius 2 is 0.964 bits per heavy atom. The minimum absolute atomic E-state index is 0.000866. The summed E-state index contributed by atoms with van der Waals surface area (Å²) in [6, 6.07) is 36.0. The molecule has 16 rings (SSSR count). The molecule has 6 aliphatic rings. The van der Waals surface area contributed by atoms with E-state index in [2.05, 4.69) is 123 Å². The van der Waals surface area contributed by atoms with Gasteiger partial charge in [-0.25, -0.2) is 4.98 Å². The summed E-state index contributed by atoms with van der Waals surface area (Å²) >= 11 is 2.24. The Labute approximate surface area is 830 Å². The molecule has 1 saturated heterocycles. The first-order chi connectivity index (χ1) is 66.9. The summed E-state index contributed by atoms with van der Waals surface area (Å²) in [6.45, 7) is 25.3. The number of carbonyl (C=O) groups excluding carboxylic acids is 10. The number of nitrogens with one attached hydrogen (secondary N) is 7. The number of anilines is 1. The zero-order chi connectivity index (χ0) is 101. The molecule has 5 aliphatic carbocycles. The number of nitrogens with two attached hydrogens (primary N) is 4. The highest BCUT2D eigenvalue weighted by molar-refractivity contribution is 14.1. The standard InChI is InChI=1S/C25H32N4O4.C18H24N2O3.C16H26N4O3.C15H15IN2O2.C15H24N4O3.C14H15N3O2/c1-16(26)25(32)29-13-11-19(12-14-29)23(21(30)10-7-17-5-3-2-4-6-17)27-24(31)20-15-22(33-28-20)18-8-9-18;1-6-13-11-15(20-23-13)17(21)19-16(18(2,3)4)12-8-7-9-14(10-12)22-5;1-10(17)6-14(21)18-8-16(2,3)9-19-15(22)12-7-13(23-20-12)11-4-5-11;16-12-5-9(8-17)1-2-11(12)6-14(19)13-7-15(20-18-13)10-3-4-10;1-15(2,8-17-13(20)5-6-16)9-18-14(21)11-7-12(22-19-11)10-3-4-10;1-2-9-3-6-13(15-8-9)16-14(18)11-7-12(19-17-11)10-4-5-10/h2-6,15-16,18-19,23H,7-14,26H2,1H3,(H,27,31);7-11,16H,6H2,1-5H3,(H,19,21);7,10-11H,4-6,8-9,17H2,1-3H3,(H,18,21)(H,19,22);1-2,5,7,10H,3-4,6,8,17H2;7,10H,3-6,8-9,16H2,1-2H3,(H,17,20)(H,18,21);3,6-8,10H,2,4-5H2,1H3,(H,15,16,18)/t16-,23?;;10-;;;/m0.0.../s1. The number of likely N-dealkylation sites (tertiary alicyclic amines) is 1. The van der Waals surface area contributed by atoms with Crippen molar-refractivity contribution >= 4 is 87.2 Å². The van der Waals surface area contributed by atoms with Crippen molar-refractivity contribution in [2.24, 2.45) is 45.1 Å². The fourth-order valence-corrected chi connectivity index (χ4v) is 15.7. The van der Waals surface area contributed by atoms with Crippen molar-refractivity contribution in [1.29, 1.82) is 0 Å². The molecule has 8 amide bonds. The monoisotopic (exact) mass is 2040 g/mol. The van der Waals surface area contributed by atoms with Crippen molar-refractivity contribution in [3.05, 3.63) is 228 Å². The molecule has 752 valence electrons. The third kappa shape index (κ3) is 34.5. The van der Waals surface area contributed by atoms with Crippen LogP contribution in [0.1, 0.15) is 333 Å². The number of aromatic nitrogens is 7. The van der Waals surface area contributed by atoms with Gasteiger partial charge in [0.2, 0.25) is 17.7 Å². The Bertz CT molecular complexity index is 5760. The minimum atomic E-state index is -0.630. The van der Waals surface area contributed by atoms with Crippen molar-refractivity contribution < 1.29 is 79.8 Å². The first-order valence-electron chi connectivity index (χ1n) is 48.4. The Kier molecular flexibility index (Phi) is 39.4. The second-order valence-electron chi connectivity index (χ2n) is 39.4. The van der Waals surface area contributed by atoms with Crippen LogP contribution < -0.4 is 64.9 Å². The van der Waals surface area contributed by atoms with Crippen LogP contribution in [0, 0.1) is 25.7 Å². The van der Waals surface area contributed by atoms with Crippen molar-refractivity contribution in [3.63, 3.8) is 0 Å². The highest BCUT2D eigenvalue weighted by Crippen LogP contribution is 2.44. The number of piperidine rings is 1. The fourth-order valence-electron chi connectivity index (χ4n) is 14.9. The van der Waals surface area contributed by atoms with Crippen LogP contribution in [0.3, 0.4) is 0 Å². The zero-order valence-corrected chi connectivity index (χ0v) is 84.4. The Morgan fingerprint density at radius 3 is 1.41 bits per heavy atom. The lowest BCUT2D eigenvalue weighted by molar-refractivity contribution is -0.134. The van der Waals surface area contributed by atoms with E-state index in [9.17, 15) is 47.9 Å². The first-order valence-corrected chi connectivity index (χ1v) is 49.4. The molecule has 140 heavy (non-hydrogen) atoms. The van der Waals surface area contributed by atoms with Gasteiger partial charge in [-0.15, -0.1) is 0 Å². The van der Waals surface area contributed by atoms with Crippen LogP contribution in [0.4, 0.5) is 5.82 Å². The van der Waals surface area contributed by atoms with E-state index in [0.29, 0.717) is 173 Å². The molecule has 36 nitrogen and oxygen atoms in total. The largest absolute Gasteiger partial charge is 0.497 e. The van der Waals surface area contributed by atoms with Crippen LogP contribution in [0.2, 0.25) is 0 Å². The Morgan fingerprint density at radius 1 is 0.493 bits per heavy atom. The normalized spacial score (nSPS) is 15.4. The topological polar surface area (TPSA) is 541 Å². The highest BCUT2D eigenvalue weighted by Gasteiger charge is 2.39. The van der Waals surface area contributed by atoms with E-state index in [1.807, 2.05) is 113 Å². The van der Waals surface area contributed by atoms with Gasteiger partial charge in [0.15, 0.2) is 40.0 Å². The molecule has 0 radical (unpaired) electrons. The number of hydrogen-bond donors (Lipinski definition) is 11. The molecule has 7 aromatic heterocycles. The fraction of sp³-hybridized carbons (Fsp3) is 0.505. The van der Waals surface area contributed by atoms with E-state index in [0.717, 1.165) is 137 Å². The lowest BCUT2D eigenvalue weighted by Crippen LogP contribution is -2.52. The summed E-state index contributed by atoms with van der Waals surface area (Å²) in [4.78, 5) is 128. The molecule has 3 aromatic carbocycles. The smallest absolute Gasteiger partial charge is 0.279 e. The van der Waals surface area contributed by atoms with Crippen molar-refractivity contribution in [2.75, 3.05) is 58.2 Å². The van der Waals surface area contributed by atoms with E-state index < -0.39 is 18.0 Å². The highest BCUT2D eigenvalue weighted by atomic mass is 127. The van der Waals surface area contributed by atoms with Crippen molar-refractivity contribution in [3.8, 4) is 5.75 Å². The van der Waals surface area contributed by atoms with Crippen LogP contribution in [0.5, 0.6) is 5.75 Å². The predicted molar refractivity (Wildman–Crippen MR) is 532 cm³/mol. The van der Waals surface area contributed by atoms with E-state index in [1.54, 1.807) is 74.5 Å². The zero-order valence-electron chi connectivity index (χ0n) is 82.2. The Hall–Kier alpha value is -12.5. The molecule has 1 aliphatic heterocycles. The van der Waals surface area contributed by atoms with Gasteiger partial charge in [0.1, 0.15) is 51.8 Å². The molecular weight excluding hydrogens is 1900 g/mol. The van der Waals surface area contributed by atoms with Crippen LogP contribution in [-0.4, -0.2) is 171 Å². The number of nitrogens with zero attached hydrogens (tertiary/aromatic N) is 8. The van der Waals surface area contributed by atoms with Crippen LogP contribution in [-0.2, 0) is 51.4 Å². The van der Waals surface area contributed by atoms with Gasteiger partial charge in [-0.2, -0.15) is 0 Å². The minimum Gasteiger partial charge on any atom is -0.497 e. The number of aryl methyl sites for hydroxylation is 3. The third-order valence-electron chi connectivity index (χ3n) is 24.4. The molecule has 0 bridgehead atoms. The summed E-state index contributed by atoms with van der Waals surface area (Å²) in [5, 5.41) is 43.1. The first kappa shape index (κ1) is 108. The quantitative estimate of drug-likeness (QED) is 0.0126. The molecule has 0 spiro atoms. The summed E-state index contributed by atoms with van der Waals surface area (Å²) in [6.07, 6.45) is 17.6. The number of ether oxygens (including phenoxy) is 1. The maximum absolute atomic E-state index is 13.3. The van der Waals surface area contributed by atoms with Crippen molar-refractivity contribution in [1.82, 2.24) is 72.7 Å². The van der Waals surface area contributed by atoms with Crippen LogP contribution in [0.25, 0.3) is 0 Å². The second kappa shape index (κ2) is 51.1. The number of rotatable bonds is 39. The molecule has 8 heterocycles. The molecule has 15 N–H and O–H groups in total. The number of amides is 8. The number of halogens is 1. The summed E-state index contributed by atoms with van der Waals surface area (Å²) in [5.74, 6) is 6.39. The maximum atomic E-state index is 13.3. The number of pyridine rings is 1. The lowest BCUT2D eigenvalue weighted by atomic mass is 9.82. The average Bonchev–Trinajstić information content (AvgIpc) is 0.911. The SMILES string of the molecule is CC(C)(CNC(=O)CCN)CNC(=O)c1cc(C2CC2)on1.CCc1cc(C(=O)NC(c2cccc(OC)c2)C(C)(C)C)no1.CCc1ccc(NC(=O)c2cc(C3CC3)on2)nc1.C[C@H](N)C(=O)N1CCC(C(NC(=O)c2cc(C3CC3)on2)C(=O)CCc2ccccc2)CC1.C[C@H](N)CC(=O)NCC(C)(C)CNC(=O)c1cc(C2CC2)on1.NCc1ccc(CC(=O)c2cc(C3CC3)on2)c(I)c1. The summed E-state index contributed by atoms with van der Waals surface area (Å²) < 4.78 is 37.5. The molecular formula is C103H136IN19O17. The predicted octanol–water partition coefficient (Wildman–Crippen LogP) is 13.9. The average molecular weight is 2040 g/mol. The van der Waals surface area contributed by atoms with Gasteiger partial charge in [-0.3, -0.25) is 47.9 Å². The molecule has 5 saturated carbocycles. The van der Waals surface area contributed by atoms with E-state index in [4.69, 9.17) is 54.8 Å². The molecule has 6 fully saturated rings. The Balaban J connectivity index is 0.000000162. The number of benzene rings is 3. The van der Waals surface area contributed by atoms with E-state index >= 15 is 0 Å². The van der Waals surface area contributed by atoms with Gasteiger partial charge in [0.25, 0.3) is 29.5 Å². The maximum Gasteiger partial charge on any atom is 0.279 e. The molecule has 2 unspecified atom stereocenters. The van der Waals surface area contributed by atoms with Crippen molar-refractivity contribution in [2.45, 2.75) is 258 Å². The number of hydrogen-bond acceptors (Lipinski definition) is 28. The lowest BCUT2D eigenvalue weighted by Gasteiger charge is -2.36. The number of carbonyl (C=O) groups is 10. The summed E-state index contributed by atoms with van der Waals surface area (Å²) in [7, 11) is 1.63. The number of methoxy groups -OCH3 is 1. The van der Waals surface area contributed by atoms with Crippen LogP contribution >= 0.6 is 22.6 Å². The number of Topliss-reactive ketones (excluding diaryl/α,β-unsaturated/α-hetero) is 2. The van der Waals surface area contributed by atoms with Gasteiger partial charge < -0.3 is 96.9 Å².